The number of benzene rings is 2. The molecule has 0 saturated carbocycles. The summed E-state index contributed by atoms with van der Waals surface area (Å²) in [6.07, 6.45) is 1.92. The van der Waals surface area contributed by atoms with Crippen molar-refractivity contribution in [2.24, 2.45) is 0 Å². The quantitative estimate of drug-likeness (QED) is 0.621. The third-order valence-electron chi connectivity index (χ3n) is 5.66. The standard InChI is InChI=1S/C25H36N2O3S/c1-18-10-8-11-23(19(18)2)27(31(7,29)30)17-9-12-24(28)26-20(3)21-13-15-22(16-14-21)25(4,5)6/h8,10-11,13-16,20H,9,12,17H2,1-7H3,(H,26,28). The number of carbonyl (C=O) groups is 1. The predicted molar refractivity (Wildman–Crippen MR) is 129 cm³/mol. The fourth-order valence-electron chi connectivity index (χ4n) is 3.52. The molecule has 0 aliphatic heterocycles. The maximum atomic E-state index is 12.5. The van der Waals surface area contributed by atoms with Crippen molar-refractivity contribution >= 4 is 21.6 Å². The normalized spacial score (nSPS) is 13.0. The zero-order valence-corrected chi connectivity index (χ0v) is 20.6. The highest BCUT2D eigenvalue weighted by Gasteiger charge is 2.20. The molecule has 0 bridgehead atoms. The molecule has 1 N–H and O–H groups in total. The van der Waals surface area contributed by atoms with Crippen LogP contribution in [0.3, 0.4) is 0 Å². The summed E-state index contributed by atoms with van der Waals surface area (Å²) >= 11 is 0. The van der Waals surface area contributed by atoms with E-state index in [2.05, 4.69) is 50.4 Å². The van der Waals surface area contributed by atoms with Crippen molar-refractivity contribution in [1.82, 2.24) is 5.32 Å². The Kier molecular flexibility index (Phi) is 7.93. The lowest BCUT2D eigenvalue weighted by Crippen LogP contribution is -2.33. The third-order valence-corrected chi connectivity index (χ3v) is 6.84. The molecule has 0 aliphatic rings. The molecule has 1 amide bonds. The minimum Gasteiger partial charge on any atom is -0.350 e. The van der Waals surface area contributed by atoms with E-state index in [9.17, 15) is 13.2 Å². The Bertz CT molecular complexity index is 1010. The SMILES string of the molecule is Cc1cccc(N(CCCC(=O)NC(C)c2ccc(C(C)(C)C)cc2)S(C)(=O)=O)c1C. The number of hydrogen-bond donors (Lipinski definition) is 1. The maximum absolute atomic E-state index is 12.5. The molecule has 5 nitrogen and oxygen atoms in total. The van der Waals surface area contributed by atoms with Gasteiger partial charge in [-0.25, -0.2) is 8.42 Å². The van der Waals surface area contributed by atoms with E-state index < -0.39 is 10.0 Å². The highest BCUT2D eigenvalue weighted by atomic mass is 32.2. The van der Waals surface area contributed by atoms with Crippen LogP contribution in [0.5, 0.6) is 0 Å². The first-order chi connectivity index (χ1) is 14.3. The topological polar surface area (TPSA) is 66.5 Å². The van der Waals surface area contributed by atoms with E-state index in [1.54, 1.807) is 0 Å². The van der Waals surface area contributed by atoms with Gasteiger partial charge in [-0.2, -0.15) is 0 Å². The van der Waals surface area contributed by atoms with Gasteiger partial charge in [0.15, 0.2) is 0 Å². The molecule has 1 unspecified atom stereocenters. The Morgan fingerprint density at radius 2 is 1.68 bits per heavy atom. The van der Waals surface area contributed by atoms with Crippen LogP contribution in [0.15, 0.2) is 42.5 Å². The average molecular weight is 445 g/mol. The van der Waals surface area contributed by atoms with E-state index in [1.807, 2.05) is 39.0 Å². The van der Waals surface area contributed by atoms with Gasteiger partial charge in [-0.15, -0.1) is 0 Å². The molecule has 0 spiro atoms. The van der Waals surface area contributed by atoms with Gasteiger partial charge in [-0.1, -0.05) is 57.2 Å². The summed E-state index contributed by atoms with van der Waals surface area (Å²) < 4.78 is 26.1. The van der Waals surface area contributed by atoms with Crippen molar-refractivity contribution in [3.05, 3.63) is 64.7 Å². The summed E-state index contributed by atoms with van der Waals surface area (Å²) in [5.74, 6) is -0.0817. The maximum Gasteiger partial charge on any atom is 0.232 e. The van der Waals surface area contributed by atoms with Gasteiger partial charge < -0.3 is 5.32 Å². The van der Waals surface area contributed by atoms with E-state index in [1.165, 1.54) is 16.1 Å². The van der Waals surface area contributed by atoms with Gasteiger partial charge >= 0.3 is 0 Å². The molecule has 170 valence electrons. The van der Waals surface area contributed by atoms with E-state index in [0.29, 0.717) is 12.1 Å². The Morgan fingerprint density at radius 3 is 2.23 bits per heavy atom. The fraction of sp³-hybridized carbons (Fsp3) is 0.480. The number of nitrogens with one attached hydrogen (secondary N) is 1. The van der Waals surface area contributed by atoms with Crippen LogP contribution in [-0.4, -0.2) is 27.1 Å². The monoisotopic (exact) mass is 444 g/mol. The Labute approximate surface area is 187 Å². The second kappa shape index (κ2) is 9.86. The molecule has 0 aromatic heterocycles. The number of nitrogens with zero attached hydrogens (tertiary/aromatic N) is 1. The van der Waals surface area contributed by atoms with E-state index in [0.717, 1.165) is 16.7 Å². The number of rotatable bonds is 8. The Hall–Kier alpha value is -2.34. The van der Waals surface area contributed by atoms with Crippen LogP contribution in [-0.2, 0) is 20.2 Å². The molecular weight excluding hydrogens is 408 g/mol. The molecule has 2 aromatic carbocycles. The number of hydrogen-bond acceptors (Lipinski definition) is 3. The molecular formula is C25H36N2O3S. The number of carbonyl (C=O) groups excluding carboxylic acids is 1. The largest absolute Gasteiger partial charge is 0.350 e. The predicted octanol–water partition coefficient (Wildman–Crippen LogP) is 5.02. The lowest BCUT2D eigenvalue weighted by atomic mass is 9.86. The molecule has 2 rings (SSSR count). The number of amides is 1. The van der Waals surface area contributed by atoms with E-state index in [-0.39, 0.29) is 30.3 Å². The van der Waals surface area contributed by atoms with Crippen molar-refractivity contribution in [1.29, 1.82) is 0 Å². The van der Waals surface area contributed by atoms with Gasteiger partial charge in [0.2, 0.25) is 15.9 Å². The fourth-order valence-corrected chi connectivity index (χ4v) is 4.54. The van der Waals surface area contributed by atoms with Gasteiger partial charge in [0, 0.05) is 13.0 Å². The molecule has 0 aliphatic carbocycles. The van der Waals surface area contributed by atoms with Crippen LogP contribution < -0.4 is 9.62 Å². The van der Waals surface area contributed by atoms with Crippen molar-refractivity contribution in [2.45, 2.75) is 65.8 Å². The first-order valence-corrected chi connectivity index (χ1v) is 12.6. The summed E-state index contributed by atoms with van der Waals surface area (Å²) in [7, 11) is -3.44. The van der Waals surface area contributed by atoms with Gasteiger partial charge in [-0.3, -0.25) is 9.10 Å². The first kappa shape index (κ1) is 24.9. The second-order valence-electron chi connectivity index (χ2n) is 9.32. The molecule has 0 radical (unpaired) electrons. The molecule has 0 fully saturated rings. The molecule has 31 heavy (non-hydrogen) atoms. The van der Waals surface area contributed by atoms with Crippen LogP contribution >= 0.6 is 0 Å². The third kappa shape index (κ3) is 6.82. The lowest BCUT2D eigenvalue weighted by molar-refractivity contribution is -0.121. The van der Waals surface area contributed by atoms with Crippen LogP contribution in [0.1, 0.15) is 68.8 Å². The average Bonchev–Trinajstić information content (AvgIpc) is 2.66. The minimum absolute atomic E-state index is 0.0817. The van der Waals surface area contributed by atoms with Gasteiger partial charge in [0.25, 0.3) is 0 Å². The minimum atomic E-state index is -3.44. The Morgan fingerprint density at radius 1 is 1.06 bits per heavy atom. The lowest BCUT2D eigenvalue weighted by Gasteiger charge is -2.25. The summed E-state index contributed by atoms with van der Waals surface area (Å²) in [5, 5.41) is 3.02. The van der Waals surface area contributed by atoms with Gasteiger partial charge in [0.05, 0.1) is 18.0 Å². The molecule has 0 heterocycles. The van der Waals surface area contributed by atoms with Crippen molar-refractivity contribution in [3.8, 4) is 0 Å². The van der Waals surface area contributed by atoms with Crippen molar-refractivity contribution in [3.63, 3.8) is 0 Å². The highest BCUT2D eigenvalue weighted by Crippen LogP contribution is 2.26. The van der Waals surface area contributed by atoms with Crippen LogP contribution in [0.4, 0.5) is 5.69 Å². The summed E-state index contributed by atoms with van der Waals surface area (Å²) in [5.41, 5.74) is 5.04. The number of sulfonamides is 1. The summed E-state index contributed by atoms with van der Waals surface area (Å²) in [6.45, 7) is 12.6. The van der Waals surface area contributed by atoms with Gasteiger partial charge in [-0.05, 0) is 60.9 Å². The summed E-state index contributed by atoms with van der Waals surface area (Å²) in [4.78, 5) is 12.5. The van der Waals surface area contributed by atoms with Crippen molar-refractivity contribution < 1.29 is 13.2 Å². The molecule has 2 aromatic rings. The van der Waals surface area contributed by atoms with Crippen LogP contribution in [0, 0.1) is 13.8 Å². The van der Waals surface area contributed by atoms with E-state index in [4.69, 9.17) is 0 Å². The highest BCUT2D eigenvalue weighted by molar-refractivity contribution is 7.92. The first-order valence-electron chi connectivity index (χ1n) is 10.7. The molecule has 0 saturated heterocycles. The van der Waals surface area contributed by atoms with Crippen LogP contribution in [0.2, 0.25) is 0 Å². The number of anilines is 1. The Balaban J connectivity index is 1.97. The second-order valence-corrected chi connectivity index (χ2v) is 11.2. The van der Waals surface area contributed by atoms with E-state index >= 15 is 0 Å². The summed E-state index contributed by atoms with van der Waals surface area (Å²) in [6, 6.07) is 13.8. The van der Waals surface area contributed by atoms with Crippen LogP contribution in [0.25, 0.3) is 0 Å². The smallest absolute Gasteiger partial charge is 0.232 e. The number of aryl methyl sites for hydroxylation is 1. The zero-order chi connectivity index (χ0) is 23.4. The molecule has 1 atom stereocenters. The van der Waals surface area contributed by atoms with Crippen molar-refractivity contribution in [2.75, 3.05) is 17.1 Å². The van der Waals surface area contributed by atoms with Gasteiger partial charge in [0.1, 0.15) is 0 Å². The zero-order valence-electron chi connectivity index (χ0n) is 19.8. The molecule has 6 heteroatoms.